The third-order valence-electron chi connectivity index (χ3n) is 4.45. The van der Waals surface area contributed by atoms with Gasteiger partial charge in [0.25, 0.3) is 5.91 Å². The fourth-order valence-electron chi connectivity index (χ4n) is 2.94. The topological polar surface area (TPSA) is 45.9 Å². The van der Waals surface area contributed by atoms with E-state index in [-0.39, 0.29) is 5.91 Å². The van der Waals surface area contributed by atoms with Crippen molar-refractivity contribution in [2.45, 2.75) is 6.54 Å². The first-order valence-corrected chi connectivity index (χ1v) is 9.28. The molecule has 2 aromatic carbocycles. The molecule has 0 aliphatic carbocycles. The highest BCUT2D eigenvalue weighted by Crippen LogP contribution is 2.30. The maximum absolute atomic E-state index is 12.8. The number of amides is 1. The van der Waals surface area contributed by atoms with Crippen molar-refractivity contribution in [3.63, 3.8) is 0 Å². The fraction of sp³-hybridized carbons (Fsp3) is 0.261. The standard InChI is InChI=1S/C23H26N2O3/c1-24(2)12-14-28-22-10-5-4-9-21(22)19-7-6-8-20(15-19)23(26)25(3)16-18-11-13-27-17-18/h4-11,13,15,17H,12,14,16H2,1-3H3. The number of furan rings is 1. The van der Waals surface area contributed by atoms with Crippen LogP contribution in [0.5, 0.6) is 5.75 Å². The average Bonchev–Trinajstić information content (AvgIpc) is 3.20. The summed E-state index contributed by atoms with van der Waals surface area (Å²) in [5.41, 5.74) is 3.55. The van der Waals surface area contributed by atoms with Crippen molar-refractivity contribution in [1.82, 2.24) is 9.80 Å². The van der Waals surface area contributed by atoms with Gasteiger partial charge in [0.05, 0.1) is 12.5 Å². The maximum Gasteiger partial charge on any atom is 0.253 e. The lowest BCUT2D eigenvalue weighted by atomic mass is 10.0. The van der Waals surface area contributed by atoms with E-state index in [9.17, 15) is 4.79 Å². The van der Waals surface area contributed by atoms with Gasteiger partial charge in [-0.2, -0.15) is 0 Å². The van der Waals surface area contributed by atoms with Gasteiger partial charge in [-0.05, 0) is 43.9 Å². The number of carbonyl (C=O) groups excluding carboxylic acids is 1. The minimum atomic E-state index is -0.0333. The molecule has 0 spiro atoms. The third-order valence-corrected chi connectivity index (χ3v) is 4.45. The van der Waals surface area contributed by atoms with Crippen molar-refractivity contribution >= 4 is 5.91 Å². The molecule has 0 atom stereocenters. The Kier molecular flexibility index (Phi) is 6.50. The Morgan fingerprint density at radius 1 is 1.04 bits per heavy atom. The molecule has 0 aliphatic rings. The molecular formula is C23H26N2O3. The van der Waals surface area contributed by atoms with Gasteiger partial charge in [0.15, 0.2) is 0 Å². The third kappa shape index (κ3) is 5.02. The number of rotatable bonds is 8. The van der Waals surface area contributed by atoms with E-state index in [2.05, 4.69) is 4.90 Å². The molecule has 0 unspecified atom stereocenters. The number of hydrogen-bond acceptors (Lipinski definition) is 4. The van der Waals surface area contributed by atoms with Crippen LogP contribution in [0, 0.1) is 0 Å². The monoisotopic (exact) mass is 378 g/mol. The second-order valence-electron chi connectivity index (χ2n) is 7.02. The molecule has 1 amide bonds. The van der Waals surface area contributed by atoms with Crippen molar-refractivity contribution in [3.05, 3.63) is 78.3 Å². The molecule has 3 rings (SSSR count). The van der Waals surface area contributed by atoms with Crippen molar-refractivity contribution in [1.29, 1.82) is 0 Å². The molecule has 1 heterocycles. The van der Waals surface area contributed by atoms with Crippen molar-refractivity contribution < 1.29 is 13.9 Å². The Morgan fingerprint density at radius 2 is 1.86 bits per heavy atom. The van der Waals surface area contributed by atoms with Crippen LogP contribution in [0.3, 0.4) is 0 Å². The van der Waals surface area contributed by atoms with Gasteiger partial charge in [0, 0.05) is 36.8 Å². The molecular weight excluding hydrogens is 352 g/mol. The van der Waals surface area contributed by atoms with E-state index in [1.807, 2.05) is 68.7 Å². The number of likely N-dealkylation sites (N-methyl/N-ethyl adjacent to an activating group) is 1. The molecule has 0 saturated carbocycles. The first-order valence-electron chi connectivity index (χ1n) is 9.28. The molecule has 0 N–H and O–H groups in total. The van der Waals surface area contributed by atoms with Crippen LogP contribution >= 0.6 is 0 Å². The summed E-state index contributed by atoms with van der Waals surface area (Å²) in [5, 5.41) is 0. The Morgan fingerprint density at radius 3 is 2.61 bits per heavy atom. The van der Waals surface area contributed by atoms with E-state index in [0.717, 1.165) is 29.0 Å². The lowest BCUT2D eigenvalue weighted by molar-refractivity contribution is 0.0785. The van der Waals surface area contributed by atoms with Crippen LogP contribution in [-0.2, 0) is 6.54 Å². The SMILES string of the molecule is CN(C)CCOc1ccccc1-c1cccc(C(=O)N(C)Cc2ccoc2)c1. The molecule has 0 fully saturated rings. The quantitative estimate of drug-likeness (QED) is 0.590. The van der Waals surface area contributed by atoms with Crippen LogP contribution in [0.15, 0.2) is 71.5 Å². The van der Waals surface area contributed by atoms with Gasteiger partial charge in [-0.15, -0.1) is 0 Å². The van der Waals surface area contributed by atoms with E-state index in [1.54, 1.807) is 24.5 Å². The zero-order valence-electron chi connectivity index (χ0n) is 16.6. The summed E-state index contributed by atoms with van der Waals surface area (Å²) < 4.78 is 11.1. The highest BCUT2D eigenvalue weighted by Gasteiger charge is 2.14. The molecule has 0 aliphatic heterocycles. The molecule has 0 bridgehead atoms. The highest BCUT2D eigenvalue weighted by molar-refractivity contribution is 5.95. The van der Waals surface area contributed by atoms with Crippen LogP contribution in [0.4, 0.5) is 0 Å². The summed E-state index contributed by atoms with van der Waals surface area (Å²) in [6, 6.07) is 17.5. The molecule has 5 nitrogen and oxygen atoms in total. The smallest absolute Gasteiger partial charge is 0.253 e. The Balaban J connectivity index is 1.78. The lowest BCUT2D eigenvalue weighted by Crippen LogP contribution is -2.25. The second kappa shape index (κ2) is 9.24. The Bertz CT molecular complexity index is 904. The molecule has 5 heteroatoms. The van der Waals surface area contributed by atoms with Crippen molar-refractivity contribution in [3.8, 4) is 16.9 Å². The number of para-hydroxylation sites is 1. The number of carbonyl (C=O) groups is 1. The van der Waals surface area contributed by atoms with Crippen LogP contribution < -0.4 is 4.74 Å². The van der Waals surface area contributed by atoms with Crippen LogP contribution in [0.2, 0.25) is 0 Å². The molecule has 0 saturated heterocycles. The van der Waals surface area contributed by atoms with Gasteiger partial charge in [-0.25, -0.2) is 0 Å². The van der Waals surface area contributed by atoms with Crippen LogP contribution in [0.25, 0.3) is 11.1 Å². The van der Waals surface area contributed by atoms with E-state index in [4.69, 9.17) is 9.15 Å². The van der Waals surface area contributed by atoms with Gasteiger partial charge >= 0.3 is 0 Å². The van der Waals surface area contributed by atoms with Gasteiger partial charge in [0.1, 0.15) is 12.4 Å². The lowest BCUT2D eigenvalue weighted by Gasteiger charge is -2.17. The van der Waals surface area contributed by atoms with Crippen molar-refractivity contribution in [2.24, 2.45) is 0 Å². The number of hydrogen-bond donors (Lipinski definition) is 0. The van der Waals surface area contributed by atoms with Gasteiger partial charge < -0.3 is 19.0 Å². The first kappa shape index (κ1) is 19.7. The van der Waals surface area contributed by atoms with Gasteiger partial charge in [0.2, 0.25) is 0 Å². The Hall–Kier alpha value is -3.05. The molecule has 3 aromatic rings. The Labute approximate surface area is 166 Å². The molecule has 0 radical (unpaired) electrons. The first-order chi connectivity index (χ1) is 13.5. The van der Waals surface area contributed by atoms with Crippen LogP contribution in [-0.4, -0.2) is 50.0 Å². The maximum atomic E-state index is 12.8. The molecule has 146 valence electrons. The molecule has 28 heavy (non-hydrogen) atoms. The second-order valence-corrected chi connectivity index (χ2v) is 7.02. The predicted molar refractivity (Wildman–Crippen MR) is 110 cm³/mol. The number of benzene rings is 2. The normalized spacial score (nSPS) is 10.9. The van der Waals surface area contributed by atoms with E-state index < -0.39 is 0 Å². The minimum absolute atomic E-state index is 0.0333. The van der Waals surface area contributed by atoms with Gasteiger partial charge in [-0.3, -0.25) is 4.79 Å². The van der Waals surface area contributed by atoms with Crippen LogP contribution in [0.1, 0.15) is 15.9 Å². The summed E-state index contributed by atoms with van der Waals surface area (Å²) in [6.07, 6.45) is 3.27. The summed E-state index contributed by atoms with van der Waals surface area (Å²) in [7, 11) is 5.83. The molecule has 1 aromatic heterocycles. The highest BCUT2D eigenvalue weighted by atomic mass is 16.5. The summed E-state index contributed by atoms with van der Waals surface area (Å²) >= 11 is 0. The minimum Gasteiger partial charge on any atom is -0.492 e. The average molecular weight is 378 g/mol. The van der Waals surface area contributed by atoms with Crippen molar-refractivity contribution in [2.75, 3.05) is 34.3 Å². The van der Waals surface area contributed by atoms with E-state index in [1.165, 1.54) is 0 Å². The van der Waals surface area contributed by atoms with Gasteiger partial charge in [-0.1, -0.05) is 30.3 Å². The number of nitrogens with zero attached hydrogens (tertiary/aromatic N) is 2. The zero-order valence-corrected chi connectivity index (χ0v) is 16.6. The summed E-state index contributed by atoms with van der Waals surface area (Å²) in [5.74, 6) is 0.787. The predicted octanol–water partition coefficient (Wildman–Crippen LogP) is 4.16. The van der Waals surface area contributed by atoms with E-state index >= 15 is 0 Å². The zero-order chi connectivity index (χ0) is 19.9. The fourth-order valence-corrected chi connectivity index (χ4v) is 2.94. The van der Waals surface area contributed by atoms with E-state index in [0.29, 0.717) is 18.7 Å². The summed E-state index contributed by atoms with van der Waals surface area (Å²) in [4.78, 5) is 16.6. The number of ether oxygens (including phenoxy) is 1. The largest absolute Gasteiger partial charge is 0.492 e. The summed E-state index contributed by atoms with van der Waals surface area (Å²) in [6.45, 7) is 1.95.